The number of nitrogens with one attached hydrogen (secondary N) is 1. The molecule has 3 nitrogen and oxygen atoms in total. The second-order valence-corrected chi connectivity index (χ2v) is 3.73. The number of nitrogens with zero attached hydrogens (tertiary/aromatic N) is 2. The fourth-order valence-electron chi connectivity index (χ4n) is 1.55. The van der Waals surface area contributed by atoms with E-state index in [1.807, 2.05) is 24.4 Å². The minimum atomic E-state index is 0.742. The average molecular weight is 219 g/mol. The monoisotopic (exact) mass is 219 g/mol. The number of hydrogen-bond acceptors (Lipinski definition) is 2. The van der Waals surface area contributed by atoms with Gasteiger partial charge in [-0.3, -0.25) is 4.98 Å². The molecule has 2 heterocycles. The van der Waals surface area contributed by atoms with Crippen molar-refractivity contribution in [2.75, 3.05) is 0 Å². The van der Waals surface area contributed by atoms with E-state index in [0.29, 0.717) is 0 Å². The lowest BCUT2D eigenvalue weighted by molar-refractivity contribution is 0.719. The number of aromatic amines is 1. The van der Waals surface area contributed by atoms with Gasteiger partial charge in [-0.05, 0) is 30.8 Å². The Hall–Kier alpha value is -1.42. The van der Waals surface area contributed by atoms with Crippen LogP contribution in [-0.2, 0) is 13.0 Å². The summed E-state index contributed by atoms with van der Waals surface area (Å²) < 4.78 is 2.84. The Kier molecular flexibility index (Phi) is 2.97. The highest BCUT2D eigenvalue weighted by molar-refractivity contribution is 7.71. The van der Waals surface area contributed by atoms with E-state index in [-0.39, 0.29) is 0 Å². The van der Waals surface area contributed by atoms with Crippen LogP contribution in [0, 0.1) is 4.77 Å². The topological polar surface area (TPSA) is 33.6 Å². The van der Waals surface area contributed by atoms with E-state index in [4.69, 9.17) is 12.2 Å². The first-order valence-corrected chi connectivity index (χ1v) is 5.39. The summed E-state index contributed by atoms with van der Waals surface area (Å²) in [5.74, 6) is 0. The van der Waals surface area contributed by atoms with Gasteiger partial charge in [0.15, 0.2) is 4.77 Å². The second-order valence-electron chi connectivity index (χ2n) is 3.35. The Balaban J connectivity index is 2.32. The third-order valence-electron chi connectivity index (χ3n) is 2.36. The Morgan fingerprint density at radius 2 is 2.33 bits per heavy atom. The molecule has 0 amide bonds. The molecular weight excluding hydrogens is 206 g/mol. The van der Waals surface area contributed by atoms with Crippen LogP contribution in [0.25, 0.3) is 0 Å². The molecule has 4 heteroatoms. The summed E-state index contributed by atoms with van der Waals surface area (Å²) in [7, 11) is 0. The first-order valence-electron chi connectivity index (χ1n) is 4.98. The first-order chi connectivity index (χ1) is 7.31. The van der Waals surface area contributed by atoms with Crippen molar-refractivity contribution in [1.82, 2.24) is 14.5 Å². The Morgan fingerprint density at radius 1 is 1.47 bits per heavy atom. The summed E-state index contributed by atoms with van der Waals surface area (Å²) in [6.45, 7) is 2.86. The number of H-pyrrole nitrogens is 1. The van der Waals surface area contributed by atoms with Crippen molar-refractivity contribution in [3.63, 3.8) is 0 Å². The lowest BCUT2D eigenvalue weighted by Crippen LogP contribution is -2.04. The van der Waals surface area contributed by atoms with E-state index < -0.39 is 0 Å². The third kappa shape index (κ3) is 2.15. The maximum atomic E-state index is 5.22. The molecule has 78 valence electrons. The van der Waals surface area contributed by atoms with Crippen molar-refractivity contribution >= 4 is 12.2 Å². The fraction of sp³-hybridized carbons (Fsp3) is 0.273. The molecule has 0 atom stereocenters. The summed E-state index contributed by atoms with van der Waals surface area (Å²) in [5, 5.41) is 0. The predicted molar refractivity (Wildman–Crippen MR) is 62.3 cm³/mol. The summed E-state index contributed by atoms with van der Waals surface area (Å²) in [4.78, 5) is 7.35. The molecular formula is C11H13N3S. The van der Waals surface area contributed by atoms with Crippen LogP contribution >= 0.6 is 12.2 Å². The van der Waals surface area contributed by atoms with Crippen LogP contribution in [0.1, 0.15) is 18.3 Å². The quantitative estimate of drug-likeness (QED) is 0.805. The smallest absolute Gasteiger partial charge is 0.177 e. The molecule has 0 saturated heterocycles. The van der Waals surface area contributed by atoms with E-state index in [0.717, 1.165) is 23.4 Å². The minimum Gasteiger partial charge on any atom is -0.337 e. The third-order valence-corrected chi connectivity index (χ3v) is 2.70. The molecule has 0 saturated carbocycles. The maximum absolute atomic E-state index is 5.22. The van der Waals surface area contributed by atoms with E-state index >= 15 is 0 Å². The molecule has 0 fully saturated rings. The summed E-state index contributed by atoms with van der Waals surface area (Å²) in [6, 6.07) is 5.92. The van der Waals surface area contributed by atoms with Crippen molar-refractivity contribution < 1.29 is 0 Å². The zero-order chi connectivity index (χ0) is 10.7. The molecule has 0 unspecified atom stereocenters. The second kappa shape index (κ2) is 4.40. The molecule has 0 aromatic carbocycles. The largest absolute Gasteiger partial charge is 0.337 e. The van der Waals surface area contributed by atoms with Gasteiger partial charge >= 0.3 is 0 Å². The zero-order valence-corrected chi connectivity index (χ0v) is 9.42. The van der Waals surface area contributed by atoms with Crippen LogP contribution in [0.3, 0.4) is 0 Å². The maximum Gasteiger partial charge on any atom is 0.177 e. The van der Waals surface area contributed by atoms with E-state index in [2.05, 4.69) is 21.5 Å². The van der Waals surface area contributed by atoms with Gasteiger partial charge in [0.05, 0.1) is 12.2 Å². The van der Waals surface area contributed by atoms with Gasteiger partial charge < -0.3 is 9.55 Å². The van der Waals surface area contributed by atoms with Crippen molar-refractivity contribution in [3.05, 3.63) is 46.8 Å². The summed E-state index contributed by atoms with van der Waals surface area (Å²) in [6.07, 6.45) is 4.74. The normalized spacial score (nSPS) is 10.5. The highest BCUT2D eigenvalue weighted by atomic mass is 32.1. The van der Waals surface area contributed by atoms with E-state index in [1.54, 1.807) is 6.20 Å². The van der Waals surface area contributed by atoms with Crippen molar-refractivity contribution in [3.8, 4) is 0 Å². The van der Waals surface area contributed by atoms with Gasteiger partial charge in [0.2, 0.25) is 0 Å². The van der Waals surface area contributed by atoms with Crippen LogP contribution in [0.4, 0.5) is 0 Å². The molecule has 1 N–H and O–H groups in total. The molecule has 0 aliphatic carbocycles. The first kappa shape index (κ1) is 10.1. The van der Waals surface area contributed by atoms with Crippen LogP contribution in [-0.4, -0.2) is 14.5 Å². The molecule has 0 radical (unpaired) electrons. The number of hydrogen-bond donors (Lipinski definition) is 1. The lowest BCUT2D eigenvalue weighted by Gasteiger charge is -2.05. The number of imidazole rings is 1. The van der Waals surface area contributed by atoms with Gasteiger partial charge in [0.25, 0.3) is 0 Å². The molecule has 15 heavy (non-hydrogen) atoms. The number of aryl methyl sites for hydroxylation is 1. The summed E-state index contributed by atoms with van der Waals surface area (Å²) in [5.41, 5.74) is 2.24. The number of rotatable bonds is 3. The van der Waals surface area contributed by atoms with Gasteiger partial charge in [-0.15, -0.1) is 0 Å². The molecule has 0 bridgehead atoms. The highest BCUT2D eigenvalue weighted by Crippen LogP contribution is 2.06. The van der Waals surface area contributed by atoms with Gasteiger partial charge in [0.1, 0.15) is 0 Å². The van der Waals surface area contributed by atoms with Crippen LogP contribution < -0.4 is 0 Å². The highest BCUT2D eigenvalue weighted by Gasteiger charge is 2.02. The van der Waals surface area contributed by atoms with Crippen molar-refractivity contribution in [2.45, 2.75) is 19.9 Å². The fourth-order valence-corrected chi connectivity index (χ4v) is 1.79. The Labute approximate surface area is 93.8 Å². The van der Waals surface area contributed by atoms with E-state index in [1.165, 1.54) is 5.69 Å². The predicted octanol–water partition coefficient (Wildman–Crippen LogP) is 2.55. The molecule has 2 aromatic heterocycles. The van der Waals surface area contributed by atoms with E-state index in [9.17, 15) is 0 Å². The van der Waals surface area contributed by atoms with Gasteiger partial charge in [0, 0.05) is 18.1 Å². The molecule has 2 aromatic rings. The van der Waals surface area contributed by atoms with Crippen LogP contribution in [0.5, 0.6) is 0 Å². The molecule has 0 aliphatic rings. The van der Waals surface area contributed by atoms with Crippen molar-refractivity contribution in [1.29, 1.82) is 0 Å². The van der Waals surface area contributed by atoms with Gasteiger partial charge in [-0.2, -0.15) is 0 Å². The SMILES string of the molecule is CCc1c[nH]c(=S)n1Cc1ccccn1. The Morgan fingerprint density at radius 3 is 3.00 bits per heavy atom. The average Bonchev–Trinajstić information content (AvgIpc) is 2.62. The molecule has 2 rings (SSSR count). The summed E-state index contributed by atoms with van der Waals surface area (Å²) >= 11 is 5.22. The standard InChI is InChI=1S/C11H13N3S/c1-2-10-7-13-11(15)14(10)8-9-5-3-4-6-12-9/h3-7H,2,8H2,1H3,(H,13,15). The molecule has 0 spiro atoms. The zero-order valence-electron chi connectivity index (χ0n) is 8.60. The van der Waals surface area contributed by atoms with Gasteiger partial charge in [-0.1, -0.05) is 13.0 Å². The van der Waals surface area contributed by atoms with Gasteiger partial charge in [-0.25, -0.2) is 0 Å². The van der Waals surface area contributed by atoms with Crippen LogP contribution in [0.15, 0.2) is 30.6 Å². The number of pyridine rings is 1. The van der Waals surface area contributed by atoms with Crippen molar-refractivity contribution in [2.24, 2.45) is 0 Å². The minimum absolute atomic E-state index is 0.742. The lowest BCUT2D eigenvalue weighted by atomic mass is 10.3. The van der Waals surface area contributed by atoms with Crippen LogP contribution in [0.2, 0.25) is 0 Å². The number of aromatic nitrogens is 3. The Bertz CT molecular complexity index is 484. The molecule has 0 aliphatic heterocycles.